The Labute approximate surface area is 144 Å². The lowest BCUT2D eigenvalue weighted by Crippen LogP contribution is -2.06. The predicted octanol–water partition coefficient (Wildman–Crippen LogP) is 2.41. The lowest BCUT2D eigenvalue weighted by atomic mass is 10.2. The molecule has 3 rings (SSSR count). The van der Waals surface area contributed by atoms with Crippen molar-refractivity contribution in [3.63, 3.8) is 0 Å². The third-order valence-electron chi connectivity index (χ3n) is 3.32. The molecule has 8 heteroatoms. The van der Waals surface area contributed by atoms with Gasteiger partial charge in [-0.2, -0.15) is 10.1 Å². The van der Waals surface area contributed by atoms with E-state index in [-0.39, 0.29) is 0 Å². The van der Waals surface area contributed by atoms with Crippen LogP contribution in [0.1, 0.15) is 15.9 Å². The summed E-state index contributed by atoms with van der Waals surface area (Å²) in [4.78, 5) is 19.9. The lowest BCUT2D eigenvalue weighted by molar-refractivity contribution is 0.0601. The molecule has 0 unspecified atom stereocenters. The fourth-order valence-corrected chi connectivity index (χ4v) is 2.11. The summed E-state index contributed by atoms with van der Waals surface area (Å²) < 4.78 is 4.71. The number of ether oxygens (including phenoxy) is 1. The van der Waals surface area contributed by atoms with Gasteiger partial charge in [-0.3, -0.25) is 4.98 Å². The third kappa shape index (κ3) is 4.47. The van der Waals surface area contributed by atoms with E-state index in [9.17, 15) is 4.79 Å². The van der Waals surface area contributed by atoms with Crippen LogP contribution in [0.3, 0.4) is 0 Å². The van der Waals surface area contributed by atoms with Crippen LogP contribution in [0.4, 0.5) is 17.5 Å². The zero-order valence-electron chi connectivity index (χ0n) is 13.5. The molecule has 8 nitrogen and oxygen atoms in total. The highest BCUT2D eigenvalue weighted by molar-refractivity contribution is 5.90. The first kappa shape index (κ1) is 16.3. The number of carbonyl (C=O) groups is 1. The topological polar surface area (TPSA) is 102 Å². The number of hydrogen-bond donors (Lipinski definition) is 2. The minimum absolute atomic E-state index is 0.321. The van der Waals surface area contributed by atoms with Gasteiger partial charge in [0.25, 0.3) is 0 Å². The number of hydrogen-bond acceptors (Lipinski definition) is 8. The summed E-state index contributed by atoms with van der Waals surface area (Å²) in [5.41, 5.74) is 2.18. The maximum absolute atomic E-state index is 11.6. The maximum atomic E-state index is 11.6. The summed E-state index contributed by atoms with van der Waals surface area (Å²) in [6, 6.07) is 10.7. The number of pyridine rings is 1. The molecule has 0 atom stereocenters. The number of benzene rings is 1. The molecule has 0 saturated heterocycles. The highest BCUT2D eigenvalue weighted by atomic mass is 16.5. The quantitative estimate of drug-likeness (QED) is 0.662. The van der Waals surface area contributed by atoms with Crippen molar-refractivity contribution in [3.05, 3.63) is 66.1 Å². The molecule has 126 valence electrons. The first-order valence-corrected chi connectivity index (χ1v) is 7.52. The third-order valence-corrected chi connectivity index (χ3v) is 3.32. The summed E-state index contributed by atoms with van der Waals surface area (Å²) in [5, 5.41) is 14.1. The molecular weight excluding hydrogens is 320 g/mol. The molecule has 2 aromatic heterocycles. The SMILES string of the molecule is COC(=O)c1cccc(Nc2nncc(NCc3ccncc3)n2)c1. The van der Waals surface area contributed by atoms with Gasteiger partial charge in [-0.1, -0.05) is 6.07 Å². The van der Waals surface area contributed by atoms with Crippen LogP contribution in [0.25, 0.3) is 0 Å². The van der Waals surface area contributed by atoms with Crippen LogP contribution in [0, 0.1) is 0 Å². The molecule has 3 aromatic rings. The second-order valence-corrected chi connectivity index (χ2v) is 5.07. The highest BCUT2D eigenvalue weighted by Crippen LogP contribution is 2.16. The zero-order valence-corrected chi connectivity index (χ0v) is 13.5. The normalized spacial score (nSPS) is 10.1. The number of carbonyl (C=O) groups excluding carboxylic acids is 1. The molecule has 2 N–H and O–H groups in total. The minimum Gasteiger partial charge on any atom is -0.465 e. The molecule has 0 bridgehead atoms. The number of nitrogens with one attached hydrogen (secondary N) is 2. The second kappa shape index (κ2) is 7.82. The molecule has 0 radical (unpaired) electrons. The van der Waals surface area contributed by atoms with Crippen molar-refractivity contribution in [2.24, 2.45) is 0 Å². The first-order chi connectivity index (χ1) is 12.2. The number of anilines is 3. The van der Waals surface area contributed by atoms with E-state index >= 15 is 0 Å². The second-order valence-electron chi connectivity index (χ2n) is 5.07. The average Bonchev–Trinajstić information content (AvgIpc) is 2.67. The predicted molar refractivity (Wildman–Crippen MR) is 92.5 cm³/mol. The van der Waals surface area contributed by atoms with Gasteiger partial charge in [-0.05, 0) is 35.9 Å². The Balaban J connectivity index is 1.68. The van der Waals surface area contributed by atoms with Gasteiger partial charge in [0.2, 0.25) is 5.95 Å². The molecule has 0 spiro atoms. The van der Waals surface area contributed by atoms with Crippen molar-refractivity contribution >= 4 is 23.4 Å². The van der Waals surface area contributed by atoms with E-state index in [0.717, 1.165) is 5.56 Å². The van der Waals surface area contributed by atoms with Crippen LogP contribution in [0.5, 0.6) is 0 Å². The van der Waals surface area contributed by atoms with Gasteiger partial charge in [0.1, 0.15) is 0 Å². The van der Waals surface area contributed by atoms with Gasteiger partial charge in [0.15, 0.2) is 5.82 Å². The Morgan fingerprint density at radius 1 is 1.20 bits per heavy atom. The molecular formula is C17H16N6O2. The highest BCUT2D eigenvalue weighted by Gasteiger charge is 2.07. The van der Waals surface area contributed by atoms with Gasteiger partial charge in [-0.25, -0.2) is 4.79 Å². The van der Waals surface area contributed by atoms with E-state index in [1.54, 1.807) is 36.7 Å². The van der Waals surface area contributed by atoms with Gasteiger partial charge < -0.3 is 15.4 Å². The number of esters is 1. The van der Waals surface area contributed by atoms with Crippen molar-refractivity contribution in [1.82, 2.24) is 20.2 Å². The number of methoxy groups -OCH3 is 1. The molecule has 0 fully saturated rings. The Kier molecular flexibility index (Phi) is 5.10. The zero-order chi connectivity index (χ0) is 17.5. The molecule has 25 heavy (non-hydrogen) atoms. The Hall–Kier alpha value is -3.55. The molecule has 0 aliphatic carbocycles. The van der Waals surface area contributed by atoms with E-state index in [0.29, 0.717) is 29.6 Å². The molecule has 0 amide bonds. The van der Waals surface area contributed by atoms with Crippen LogP contribution in [0.15, 0.2) is 55.0 Å². The van der Waals surface area contributed by atoms with E-state index < -0.39 is 5.97 Å². The van der Waals surface area contributed by atoms with Crippen LogP contribution in [-0.4, -0.2) is 33.2 Å². The largest absolute Gasteiger partial charge is 0.465 e. The van der Waals surface area contributed by atoms with Crippen LogP contribution >= 0.6 is 0 Å². The maximum Gasteiger partial charge on any atom is 0.337 e. The van der Waals surface area contributed by atoms with E-state index in [1.165, 1.54) is 13.3 Å². The van der Waals surface area contributed by atoms with Gasteiger partial charge in [-0.15, -0.1) is 5.10 Å². The minimum atomic E-state index is -0.407. The Morgan fingerprint density at radius 3 is 2.84 bits per heavy atom. The smallest absolute Gasteiger partial charge is 0.337 e. The molecule has 0 aliphatic rings. The monoisotopic (exact) mass is 336 g/mol. The van der Waals surface area contributed by atoms with Crippen molar-refractivity contribution in [2.75, 3.05) is 17.7 Å². The molecule has 0 saturated carbocycles. The summed E-state index contributed by atoms with van der Waals surface area (Å²) in [7, 11) is 1.34. The molecule has 0 aliphatic heterocycles. The van der Waals surface area contributed by atoms with E-state index in [4.69, 9.17) is 4.74 Å². The number of rotatable bonds is 6. The molecule has 2 heterocycles. The Bertz CT molecular complexity index is 857. The summed E-state index contributed by atoms with van der Waals surface area (Å²) in [5.74, 6) is 0.496. The number of nitrogens with zero attached hydrogens (tertiary/aromatic N) is 4. The van der Waals surface area contributed by atoms with Crippen molar-refractivity contribution in [2.45, 2.75) is 6.54 Å². The Morgan fingerprint density at radius 2 is 2.04 bits per heavy atom. The fraction of sp³-hybridized carbons (Fsp3) is 0.118. The summed E-state index contributed by atoms with van der Waals surface area (Å²) in [6.45, 7) is 0.596. The van der Waals surface area contributed by atoms with Crippen LogP contribution < -0.4 is 10.6 Å². The van der Waals surface area contributed by atoms with Gasteiger partial charge in [0, 0.05) is 24.6 Å². The van der Waals surface area contributed by atoms with Crippen molar-refractivity contribution in [3.8, 4) is 0 Å². The van der Waals surface area contributed by atoms with E-state index in [1.807, 2.05) is 12.1 Å². The van der Waals surface area contributed by atoms with Crippen LogP contribution in [0.2, 0.25) is 0 Å². The average molecular weight is 336 g/mol. The fourth-order valence-electron chi connectivity index (χ4n) is 2.11. The van der Waals surface area contributed by atoms with Crippen molar-refractivity contribution in [1.29, 1.82) is 0 Å². The summed E-state index contributed by atoms with van der Waals surface area (Å²) >= 11 is 0. The van der Waals surface area contributed by atoms with Crippen LogP contribution in [-0.2, 0) is 11.3 Å². The summed E-state index contributed by atoms with van der Waals surface area (Å²) in [6.07, 6.45) is 5.00. The number of aromatic nitrogens is 4. The first-order valence-electron chi connectivity index (χ1n) is 7.52. The standard InChI is InChI=1S/C17H16N6O2/c1-25-16(24)13-3-2-4-14(9-13)21-17-22-15(11-20-23-17)19-10-12-5-7-18-8-6-12/h2-9,11H,10H2,1H3,(H2,19,21,22,23). The lowest BCUT2D eigenvalue weighted by Gasteiger charge is -2.08. The van der Waals surface area contributed by atoms with E-state index in [2.05, 4.69) is 30.8 Å². The van der Waals surface area contributed by atoms with Gasteiger partial charge in [0.05, 0.1) is 18.9 Å². The van der Waals surface area contributed by atoms with Gasteiger partial charge >= 0.3 is 5.97 Å². The van der Waals surface area contributed by atoms with Crippen molar-refractivity contribution < 1.29 is 9.53 Å². The molecule has 1 aromatic carbocycles.